The third-order valence-corrected chi connectivity index (χ3v) is 1.73. The normalized spacial score (nSPS) is 9.00. The van der Waals surface area contributed by atoms with E-state index in [1.54, 1.807) is 6.07 Å². The summed E-state index contributed by atoms with van der Waals surface area (Å²) in [6.07, 6.45) is 0. The zero-order valence-corrected chi connectivity index (χ0v) is 5.96. The fourth-order valence-electron chi connectivity index (χ4n) is 0.525. The first-order chi connectivity index (χ1) is 5.15. The van der Waals surface area contributed by atoms with Gasteiger partial charge in [0.05, 0.1) is 4.92 Å². The van der Waals surface area contributed by atoms with Gasteiger partial charge in [0.25, 0.3) is 0 Å². The number of hydrogen-bond acceptors (Lipinski definition) is 6. The van der Waals surface area contributed by atoms with Crippen molar-refractivity contribution in [1.29, 1.82) is 5.26 Å². The highest BCUT2D eigenvalue weighted by Crippen LogP contribution is 2.27. The summed E-state index contributed by atoms with van der Waals surface area (Å²) in [4.78, 5) is 12.9. The Bertz CT molecular complexity index is 338. The van der Waals surface area contributed by atoms with Crippen molar-refractivity contribution in [2.45, 2.75) is 0 Å². The Labute approximate surface area is 65.0 Å². The van der Waals surface area contributed by atoms with Gasteiger partial charge in [-0.1, -0.05) is 0 Å². The van der Waals surface area contributed by atoms with Crippen LogP contribution in [-0.4, -0.2) is 9.91 Å². The van der Waals surface area contributed by atoms with Gasteiger partial charge < -0.3 is 5.73 Å². The van der Waals surface area contributed by atoms with E-state index >= 15 is 0 Å². The summed E-state index contributed by atoms with van der Waals surface area (Å²) in [5.74, 6) is 0. The summed E-state index contributed by atoms with van der Waals surface area (Å²) in [7, 11) is 0. The number of nitrogens with two attached hydrogens (primary N) is 1. The minimum Gasteiger partial charge on any atom is -0.375 e. The maximum atomic E-state index is 10.2. The largest absolute Gasteiger partial charge is 0.375 e. The number of nitriles is 1. The quantitative estimate of drug-likeness (QED) is 0.488. The van der Waals surface area contributed by atoms with Gasteiger partial charge in [-0.25, -0.2) is 4.98 Å². The predicted octanol–water partition coefficient (Wildman–Crippen LogP) is 0.505. The van der Waals surface area contributed by atoms with Crippen LogP contribution in [0.5, 0.6) is 0 Å². The van der Waals surface area contributed by atoms with Crippen molar-refractivity contribution >= 4 is 21.5 Å². The molecule has 1 rings (SSSR count). The molecule has 0 atom stereocenters. The van der Waals surface area contributed by atoms with Gasteiger partial charge in [0, 0.05) is 0 Å². The van der Waals surface area contributed by atoms with Crippen LogP contribution in [0.4, 0.5) is 10.1 Å². The molecule has 56 valence electrons. The van der Waals surface area contributed by atoms with E-state index in [-0.39, 0.29) is 15.8 Å². The molecular formula is C4H2N4O2S. The maximum absolute atomic E-state index is 10.2. The molecule has 0 aliphatic heterocycles. The molecule has 0 aromatic carbocycles. The summed E-state index contributed by atoms with van der Waals surface area (Å²) in [5, 5.41) is 18.2. The molecule has 0 saturated heterocycles. The number of aromatic nitrogens is 1. The highest BCUT2D eigenvalue weighted by atomic mass is 32.1. The molecule has 0 unspecified atom stereocenters. The molecule has 0 amide bonds. The molecular weight excluding hydrogens is 168 g/mol. The fraction of sp³-hybridized carbons (Fsp3) is 0. The van der Waals surface area contributed by atoms with Gasteiger partial charge >= 0.3 is 5.00 Å². The topological polar surface area (TPSA) is 106 Å². The molecule has 0 fully saturated rings. The number of anilines is 1. The van der Waals surface area contributed by atoms with E-state index in [0.717, 1.165) is 0 Å². The van der Waals surface area contributed by atoms with Crippen molar-refractivity contribution in [3.63, 3.8) is 0 Å². The smallest absolute Gasteiger partial charge is 0.363 e. The Balaban J connectivity index is 3.26. The second kappa shape index (κ2) is 2.51. The molecule has 0 radical (unpaired) electrons. The molecule has 1 heterocycles. The molecule has 1 aromatic heterocycles. The van der Waals surface area contributed by atoms with E-state index < -0.39 is 4.92 Å². The van der Waals surface area contributed by atoms with Gasteiger partial charge in [-0.3, -0.25) is 10.1 Å². The van der Waals surface area contributed by atoms with Crippen molar-refractivity contribution in [3.05, 3.63) is 15.8 Å². The van der Waals surface area contributed by atoms with Gasteiger partial charge in [0.15, 0.2) is 5.13 Å². The van der Waals surface area contributed by atoms with Crippen LogP contribution in [0.2, 0.25) is 0 Å². The Morgan fingerprint density at radius 3 is 2.82 bits per heavy atom. The van der Waals surface area contributed by atoms with Crippen LogP contribution >= 0.6 is 11.3 Å². The lowest BCUT2D eigenvalue weighted by Gasteiger charge is -1.79. The average molecular weight is 170 g/mol. The van der Waals surface area contributed by atoms with Crippen LogP contribution in [-0.2, 0) is 0 Å². The molecule has 7 heteroatoms. The minimum atomic E-state index is -0.674. The molecule has 11 heavy (non-hydrogen) atoms. The Morgan fingerprint density at radius 2 is 2.45 bits per heavy atom. The molecule has 0 bridgehead atoms. The van der Waals surface area contributed by atoms with Gasteiger partial charge in [0.1, 0.15) is 6.07 Å². The van der Waals surface area contributed by atoms with Crippen LogP contribution in [0.3, 0.4) is 0 Å². The lowest BCUT2D eigenvalue weighted by atomic mass is 10.5. The Morgan fingerprint density at radius 1 is 1.82 bits per heavy atom. The SMILES string of the molecule is N#Cc1nc(N)sc1[N+](=O)[O-]. The van der Waals surface area contributed by atoms with Crippen molar-refractivity contribution in [3.8, 4) is 6.07 Å². The molecule has 0 saturated carbocycles. The standard InChI is InChI=1S/C4H2N4O2S/c5-1-2-3(8(9)10)11-4(6)7-2/h(H2,6,7). The van der Waals surface area contributed by atoms with E-state index in [1.807, 2.05) is 0 Å². The first-order valence-corrected chi connectivity index (χ1v) is 3.27. The second-order valence-electron chi connectivity index (χ2n) is 1.57. The number of nitro groups is 1. The fourth-order valence-corrected chi connectivity index (χ4v) is 1.12. The molecule has 0 aliphatic rings. The van der Waals surface area contributed by atoms with E-state index in [0.29, 0.717) is 11.3 Å². The van der Waals surface area contributed by atoms with E-state index in [1.165, 1.54) is 0 Å². The predicted molar refractivity (Wildman–Crippen MR) is 37.9 cm³/mol. The zero-order chi connectivity index (χ0) is 8.43. The number of rotatable bonds is 1. The maximum Gasteiger partial charge on any atom is 0.363 e. The summed E-state index contributed by atoms with van der Waals surface area (Å²) in [6, 6.07) is 1.58. The monoisotopic (exact) mass is 170 g/mol. The first kappa shape index (κ1) is 7.43. The summed E-state index contributed by atoms with van der Waals surface area (Å²) in [6.45, 7) is 0. The Hall–Kier alpha value is -1.68. The summed E-state index contributed by atoms with van der Waals surface area (Å²) < 4.78 is 0. The lowest BCUT2D eigenvalue weighted by Crippen LogP contribution is -1.87. The van der Waals surface area contributed by atoms with Crippen LogP contribution in [0.15, 0.2) is 0 Å². The number of thiazole rings is 1. The third-order valence-electron chi connectivity index (χ3n) is 0.898. The highest BCUT2D eigenvalue weighted by Gasteiger charge is 2.19. The molecule has 1 aromatic rings. The number of hydrogen-bond donors (Lipinski definition) is 1. The highest BCUT2D eigenvalue weighted by molar-refractivity contribution is 7.18. The van der Waals surface area contributed by atoms with Gasteiger partial charge in [-0.15, -0.1) is 0 Å². The van der Waals surface area contributed by atoms with Gasteiger partial charge in [-0.05, 0) is 11.3 Å². The average Bonchev–Trinajstić information content (AvgIpc) is 2.30. The first-order valence-electron chi connectivity index (χ1n) is 2.46. The van der Waals surface area contributed by atoms with Crippen LogP contribution in [0.1, 0.15) is 5.69 Å². The lowest BCUT2D eigenvalue weighted by molar-refractivity contribution is -0.380. The number of nitrogens with zero attached hydrogens (tertiary/aromatic N) is 3. The number of nitrogen functional groups attached to an aromatic ring is 1. The van der Waals surface area contributed by atoms with Crippen LogP contribution in [0, 0.1) is 21.4 Å². The Kier molecular flexibility index (Phi) is 1.70. The summed E-state index contributed by atoms with van der Waals surface area (Å²) >= 11 is 0.692. The zero-order valence-electron chi connectivity index (χ0n) is 5.14. The molecule has 0 aliphatic carbocycles. The van der Waals surface area contributed by atoms with Crippen LogP contribution in [0.25, 0.3) is 0 Å². The molecule has 6 nitrogen and oxygen atoms in total. The van der Waals surface area contributed by atoms with Crippen molar-refractivity contribution in [2.75, 3.05) is 5.73 Å². The van der Waals surface area contributed by atoms with Crippen molar-refractivity contribution < 1.29 is 4.92 Å². The van der Waals surface area contributed by atoms with E-state index in [2.05, 4.69) is 4.98 Å². The van der Waals surface area contributed by atoms with E-state index in [4.69, 9.17) is 11.0 Å². The minimum absolute atomic E-state index is 0.0354. The van der Waals surface area contributed by atoms with Crippen molar-refractivity contribution in [1.82, 2.24) is 4.98 Å². The van der Waals surface area contributed by atoms with Gasteiger partial charge in [-0.2, -0.15) is 5.26 Å². The molecule has 2 N–H and O–H groups in total. The third kappa shape index (κ3) is 1.25. The summed E-state index contributed by atoms with van der Waals surface area (Å²) in [5.41, 5.74) is 4.92. The molecule has 0 spiro atoms. The van der Waals surface area contributed by atoms with Crippen LogP contribution < -0.4 is 5.73 Å². The van der Waals surface area contributed by atoms with Crippen molar-refractivity contribution in [2.24, 2.45) is 0 Å². The second-order valence-corrected chi connectivity index (χ2v) is 2.58. The van der Waals surface area contributed by atoms with Gasteiger partial charge in [0.2, 0.25) is 5.69 Å². The van der Waals surface area contributed by atoms with E-state index in [9.17, 15) is 10.1 Å².